The van der Waals surface area contributed by atoms with Crippen LogP contribution in [0.15, 0.2) is 76.4 Å². The lowest BCUT2D eigenvalue weighted by Crippen LogP contribution is -2.26. The van der Waals surface area contributed by atoms with E-state index in [1.807, 2.05) is 61.5 Å². The molecule has 12 nitrogen and oxygen atoms in total. The van der Waals surface area contributed by atoms with Crippen LogP contribution >= 0.6 is 11.6 Å². The second-order valence-corrected chi connectivity index (χ2v) is 9.53. The van der Waals surface area contributed by atoms with Crippen LogP contribution in [0.5, 0.6) is 11.5 Å². The minimum absolute atomic E-state index is 0. The van der Waals surface area contributed by atoms with Crippen LogP contribution in [0.4, 0.5) is 0 Å². The monoisotopic (exact) mass is 610 g/mol. The quantitative estimate of drug-likeness (QED) is 0.142. The summed E-state index contributed by atoms with van der Waals surface area (Å²) in [5.41, 5.74) is 3.98. The number of halogens is 1. The van der Waals surface area contributed by atoms with E-state index >= 15 is 0 Å². The number of nitrogens with one attached hydrogen (secondary N) is 1. The van der Waals surface area contributed by atoms with Crippen LogP contribution < -0.4 is 32.3 Å². The number of nitrogens with zero attached hydrogens (tertiary/aromatic N) is 3. The van der Waals surface area contributed by atoms with E-state index in [1.54, 1.807) is 38.0 Å². The van der Waals surface area contributed by atoms with Gasteiger partial charge in [-0.05, 0) is 61.4 Å². The fourth-order valence-electron chi connectivity index (χ4n) is 4.24. The zero-order chi connectivity index (χ0) is 30.8. The van der Waals surface area contributed by atoms with Gasteiger partial charge in [0, 0.05) is 11.4 Å². The molecule has 0 amide bonds. The fraction of sp³-hybridized carbons (Fsp3) is 0.200. The van der Waals surface area contributed by atoms with Crippen molar-refractivity contribution in [1.29, 1.82) is 0 Å². The van der Waals surface area contributed by atoms with Gasteiger partial charge >= 0.3 is 0 Å². The minimum Gasteiger partial charge on any atom is -0.497 e. The van der Waals surface area contributed by atoms with Crippen molar-refractivity contribution in [2.24, 2.45) is 11.7 Å². The summed E-state index contributed by atoms with van der Waals surface area (Å²) in [7, 11) is 3.23. The topological polar surface area (TPSA) is 192 Å². The van der Waals surface area contributed by atoms with Crippen molar-refractivity contribution in [2.45, 2.75) is 26.9 Å². The summed E-state index contributed by atoms with van der Waals surface area (Å²) >= 11 is 5.89. The van der Waals surface area contributed by atoms with Gasteiger partial charge in [-0.2, -0.15) is 5.10 Å². The maximum absolute atomic E-state index is 12.4. The van der Waals surface area contributed by atoms with E-state index < -0.39 is 0 Å². The summed E-state index contributed by atoms with van der Waals surface area (Å²) in [6.07, 6.45) is 2.07. The van der Waals surface area contributed by atoms with E-state index in [0.29, 0.717) is 30.5 Å². The highest BCUT2D eigenvalue weighted by Gasteiger charge is 2.12. The molecule has 0 aliphatic heterocycles. The molecular weight excluding hydrogens is 576 g/mol. The normalized spacial score (nSPS) is 10.0. The second-order valence-electron chi connectivity index (χ2n) is 9.13. The van der Waals surface area contributed by atoms with Gasteiger partial charge in [-0.3, -0.25) is 31.2 Å². The molecule has 43 heavy (non-hydrogen) atoms. The molecule has 5 rings (SSSR count). The van der Waals surface area contributed by atoms with Gasteiger partial charge in [0.2, 0.25) is 0 Å². The van der Waals surface area contributed by atoms with Crippen LogP contribution in [0.2, 0.25) is 5.02 Å². The Hall–Kier alpha value is -4.75. The Balaban J connectivity index is 0.000000278. The number of pyridine rings is 2. The molecule has 0 bridgehead atoms. The van der Waals surface area contributed by atoms with E-state index in [4.69, 9.17) is 21.1 Å². The van der Waals surface area contributed by atoms with Gasteiger partial charge < -0.3 is 24.1 Å². The van der Waals surface area contributed by atoms with Crippen molar-refractivity contribution >= 4 is 28.8 Å². The van der Waals surface area contributed by atoms with Crippen molar-refractivity contribution in [1.82, 2.24) is 19.3 Å². The van der Waals surface area contributed by atoms with Gasteiger partial charge in [0.05, 0.1) is 55.0 Å². The zero-order valence-corrected chi connectivity index (χ0v) is 25.0. The fourth-order valence-corrected chi connectivity index (χ4v) is 4.53. The molecule has 228 valence electrons. The zero-order valence-electron chi connectivity index (χ0n) is 24.3. The Labute approximate surface area is 252 Å². The van der Waals surface area contributed by atoms with Crippen LogP contribution in [0.25, 0.3) is 10.9 Å². The SMILES string of the molecule is COc1ccc(Cn2c(C)cc(Cl)c(C=O)c2=O)cc1.COc1ccc(Cn2c(C)cc3[nH]ncc3c2=O)cc1.NN.O. The number of H-pyrrole nitrogens is 1. The number of carbonyl (C=O) groups is 1. The summed E-state index contributed by atoms with van der Waals surface area (Å²) in [5.74, 6) is 9.56. The number of aryl methyl sites for hydroxylation is 2. The van der Waals surface area contributed by atoms with Crippen molar-refractivity contribution in [2.75, 3.05) is 14.2 Å². The number of aromatic amines is 1. The number of hydrogen-bond donors (Lipinski definition) is 3. The molecule has 13 heteroatoms. The Morgan fingerprint density at radius 2 is 1.30 bits per heavy atom. The van der Waals surface area contributed by atoms with Crippen LogP contribution in [0, 0.1) is 13.8 Å². The third-order valence-corrected chi connectivity index (χ3v) is 6.85. The average Bonchev–Trinajstić information content (AvgIpc) is 3.48. The van der Waals surface area contributed by atoms with Crippen LogP contribution in [-0.4, -0.2) is 45.3 Å². The Bertz CT molecular complexity index is 1760. The molecule has 3 heterocycles. The van der Waals surface area contributed by atoms with E-state index in [-0.39, 0.29) is 27.2 Å². The van der Waals surface area contributed by atoms with Crippen LogP contribution in [0.1, 0.15) is 32.9 Å². The highest BCUT2D eigenvalue weighted by atomic mass is 35.5. The second kappa shape index (κ2) is 16.0. The molecule has 0 spiro atoms. The van der Waals surface area contributed by atoms with Gasteiger partial charge in [0.15, 0.2) is 6.29 Å². The minimum atomic E-state index is -0.374. The van der Waals surface area contributed by atoms with Gasteiger partial charge in [-0.1, -0.05) is 35.9 Å². The molecular formula is C30H35ClN6O6. The molecule has 0 aliphatic rings. The van der Waals surface area contributed by atoms with Gasteiger partial charge in [-0.25, -0.2) is 0 Å². The van der Waals surface area contributed by atoms with Crippen molar-refractivity contribution in [3.05, 3.63) is 121 Å². The number of hydrazine groups is 1. The van der Waals surface area contributed by atoms with Gasteiger partial charge in [-0.15, -0.1) is 0 Å². The number of rotatable bonds is 7. The number of aldehydes is 1. The molecule has 0 radical (unpaired) electrons. The summed E-state index contributed by atoms with van der Waals surface area (Å²) in [6.45, 7) is 4.62. The van der Waals surface area contributed by atoms with Crippen LogP contribution in [-0.2, 0) is 13.1 Å². The molecule has 0 saturated carbocycles. The summed E-state index contributed by atoms with van der Waals surface area (Å²) in [6, 6.07) is 18.7. The number of methoxy groups -OCH3 is 2. The van der Waals surface area contributed by atoms with E-state index in [0.717, 1.165) is 33.8 Å². The Kier molecular flexibility index (Phi) is 12.8. The molecule has 0 aliphatic carbocycles. The molecule has 7 N–H and O–H groups in total. The Morgan fingerprint density at radius 1 is 0.837 bits per heavy atom. The largest absolute Gasteiger partial charge is 0.497 e. The lowest BCUT2D eigenvalue weighted by Gasteiger charge is -2.12. The molecule has 3 aromatic heterocycles. The highest BCUT2D eigenvalue weighted by molar-refractivity contribution is 6.32. The van der Waals surface area contributed by atoms with Crippen molar-refractivity contribution < 1.29 is 19.7 Å². The number of ether oxygens (including phenoxy) is 2. The van der Waals surface area contributed by atoms with Crippen LogP contribution in [0.3, 0.4) is 0 Å². The summed E-state index contributed by atoms with van der Waals surface area (Å²) in [4.78, 5) is 35.5. The van der Waals surface area contributed by atoms with Gasteiger partial charge in [0.1, 0.15) is 11.5 Å². The molecule has 0 saturated heterocycles. The molecule has 0 fully saturated rings. The molecule has 5 aromatic rings. The number of aromatic nitrogens is 4. The number of hydrogen-bond acceptors (Lipinski definition) is 8. The first kappa shape index (κ1) is 34.5. The lowest BCUT2D eigenvalue weighted by molar-refractivity contribution is 0.112. The predicted molar refractivity (Wildman–Crippen MR) is 167 cm³/mol. The average molecular weight is 611 g/mol. The molecule has 2 aromatic carbocycles. The van der Waals surface area contributed by atoms with Crippen molar-refractivity contribution in [3.63, 3.8) is 0 Å². The molecule has 0 atom stereocenters. The first-order valence-corrected chi connectivity index (χ1v) is 13.1. The highest BCUT2D eigenvalue weighted by Crippen LogP contribution is 2.16. The predicted octanol–water partition coefficient (Wildman–Crippen LogP) is 2.76. The number of carbonyl (C=O) groups excluding carboxylic acids is 1. The number of fused-ring (bicyclic) bond motifs is 1. The third kappa shape index (κ3) is 8.17. The maximum atomic E-state index is 12.4. The summed E-state index contributed by atoms with van der Waals surface area (Å²) in [5, 5.41) is 7.55. The first-order chi connectivity index (χ1) is 20.2. The maximum Gasteiger partial charge on any atom is 0.263 e. The lowest BCUT2D eigenvalue weighted by atomic mass is 10.2. The smallest absolute Gasteiger partial charge is 0.263 e. The van der Waals surface area contributed by atoms with Crippen molar-refractivity contribution in [3.8, 4) is 11.5 Å². The standard InChI is InChI=1S/C15H14ClNO3.C15H15N3O2.H4N2.H2O/c1-10-7-14(16)13(9-18)15(19)17(10)8-11-3-5-12(20-2)6-4-11;1-10-7-14-13(8-16-17-14)15(19)18(10)9-11-3-5-12(20-2)6-4-11;1-2;/h3-7,9H,8H2,1-2H3;3-8H,9H2,1-2H3,(H,16,17);1-2H2;1H2. The number of benzene rings is 2. The Morgan fingerprint density at radius 3 is 1.77 bits per heavy atom. The number of nitrogens with two attached hydrogens (primary N) is 2. The molecule has 0 unspecified atom stereocenters. The van der Waals surface area contributed by atoms with E-state index in [2.05, 4.69) is 21.9 Å². The van der Waals surface area contributed by atoms with E-state index in [9.17, 15) is 14.4 Å². The van der Waals surface area contributed by atoms with E-state index in [1.165, 1.54) is 4.57 Å². The summed E-state index contributed by atoms with van der Waals surface area (Å²) < 4.78 is 13.5. The van der Waals surface area contributed by atoms with Gasteiger partial charge in [0.25, 0.3) is 11.1 Å². The first-order valence-electron chi connectivity index (χ1n) is 12.7. The third-order valence-electron chi connectivity index (χ3n) is 6.53.